The summed E-state index contributed by atoms with van der Waals surface area (Å²) in [5.74, 6) is 0.329. The first-order valence-electron chi connectivity index (χ1n) is 7.41. The summed E-state index contributed by atoms with van der Waals surface area (Å²) in [6.07, 6.45) is 0. The van der Waals surface area contributed by atoms with E-state index in [9.17, 15) is 9.18 Å². The highest BCUT2D eigenvalue weighted by atomic mass is 32.1. The number of anilines is 1. The molecule has 0 aliphatic carbocycles. The standard InChI is InChI=1S/C19H16FNO2S/c1-23-17-10-4-14(5-11-17)13-21(16-8-6-15(20)7-9-16)19(22)18-3-2-12-24-18/h2-12H,13H2,1H3. The number of thiophene rings is 1. The summed E-state index contributed by atoms with van der Waals surface area (Å²) >= 11 is 1.39. The Morgan fingerprint density at radius 3 is 2.38 bits per heavy atom. The predicted octanol–water partition coefficient (Wildman–Crippen LogP) is 4.74. The van der Waals surface area contributed by atoms with Crippen LogP contribution in [0, 0.1) is 5.82 Å². The SMILES string of the molecule is COc1ccc(CN(C(=O)c2cccs2)c2ccc(F)cc2)cc1. The molecule has 0 saturated heterocycles. The zero-order valence-electron chi connectivity index (χ0n) is 13.1. The Morgan fingerprint density at radius 2 is 1.79 bits per heavy atom. The summed E-state index contributed by atoms with van der Waals surface area (Å²) in [4.78, 5) is 15.1. The van der Waals surface area contributed by atoms with Crippen molar-refractivity contribution in [1.82, 2.24) is 0 Å². The van der Waals surface area contributed by atoms with Gasteiger partial charge in [0.2, 0.25) is 0 Å². The third-order valence-electron chi connectivity index (χ3n) is 3.62. The number of amides is 1. The lowest BCUT2D eigenvalue weighted by atomic mass is 10.1. The summed E-state index contributed by atoms with van der Waals surface area (Å²) in [7, 11) is 1.61. The second-order valence-electron chi connectivity index (χ2n) is 5.19. The lowest BCUT2D eigenvalue weighted by molar-refractivity contribution is 0.0989. The number of rotatable bonds is 5. The van der Waals surface area contributed by atoms with Gasteiger partial charge in [0.05, 0.1) is 18.5 Å². The monoisotopic (exact) mass is 341 g/mol. The van der Waals surface area contributed by atoms with E-state index in [0.717, 1.165) is 11.3 Å². The molecule has 0 unspecified atom stereocenters. The molecule has 5 heteroatoms. The largest absolute Gasteiger partial charge is 0.497 e. The summed E-state index contributed by atoms with van der Waals surface area (Å²) in [5.41, 5.74) is 1.62. The molecular formula is C19H16FNO2S. The van der Waals surface area contributed by atoms with Gasteiger partial charge in [0.1, 0.15) is 11.6 Å². The summed E-state index contributed by atoms with van der Waals surface area (Å²) in [5, 5.41) is 1.86. The molecule has 0 radical (unpaired) electrons. The van der Waals surface area contributed by atoms with Crippen LogP contribution in [0.4, 0.5) is 10.1 Å². The quantitative estimate of drug-likeness (QED) is 0.671. The highest BCUT2D eigenvalue weighted by molar-refractivity contribution is 7.12. The van der Waals surface area contributed by atoms with E-state index in [1.807, 2.05) is 35.7 Å². The van der Waals surface area contributed by atoms with Crippen LogP contribution in [0.2, 0.25) is 0 Å². The van der Waals surface area contributed by atoms with Crippen molar-refractivity contribution < 1.29 is 13.9 Å². The van der Waals surface area contributed by atoms with Crippen molar-refractivity contribution in [3.8, 4) is 5.75 Å². The molecule has 3 rings (SSSR count). The van der Waals surface area contributed by atoms with Gasteiger partial charge in [-0.1, -0.05) is 18.2 Å². The van der Waals surface area contributed by atoms with E-state index in [2.05, 4.69) is 0 Å². The first-order valence-corrected chi connectivity index (χ1v) is 8.29. The second kappa shape index (κ2) is 7.27. The van der Waals surface area contributed by atoms with Gasteiger partial charge in [-0.15, -0.1) is 11.3 Å². The van der Waals surface area contributed by atoms with Gasteiger partial charge in [-0.3, -0.25) is 4.79 Å². The Balaban J connectivity index is 1.91. The van der Waals surface area contributed by atoms with Crippen LogP contribution in [0.3, 0.4) is 0 Å². The van der Waals surface area contributed by atoms with Gasteiger partial charge < -0.3 is 9.64 Å². The van der Waals surface area contributed by atoms with Gasteiger partial charge in [0.15, 0.2) is 0 Å². The number of nitrogens with zero attached hydrogens (tertiary/aromatic N) is 1. The highest BCUT2D eigenvalue weighted by Crippen LogP contribution is 2.23. The van der Waals surface area contributed by atoms with E-state index in [4.69, 9.17) is 4.74 Å². The molecule has 0 atom stereocenters. The molecule has 0 aliphatic rings. The Bertz CT molecular complexity index is 798. The van der Waals surface area contributed by atoms with Gasteiger partial charge >= 0.3 is 0 Å². The maximum absolute atomic E-state index is 13.2. The molecule has 1 heterocycles. The summed E-state index contributed by atoms with van der Waals surface area (Å²) < 4.78 is 18.4. The number of carbonyl (C=O) groups excluding carboxylic acids is 1. The third kappa shape index (κ3) is 3.63. The summed E-state index contributed by atoms with van der Waals surface area (Å²) in [6.45, 7) is 0.395. The van der Waals surface area contributed by atoms with Crippen LogP contribution in [0.1, 0.15) is 15.2 Å². The number of hydrogen-bond acceptors (Lipinski definition) is 3. The van der Waals surface area contributed by atoms with E-state index < -0.39 is 0 Å². The van der Waals surface area contributed by atoms with Gasteiger partial charge in [-0.05, 0) is 53.4 Å². The molecule has 3 aromatic rings. The molecule has 1 amide bonds. The van der Waals surface area contributed by atoms with Gasteiger partial charge in [0.25, 0.3) is 5.91 Å². The van der Waals surface area contributed by atoms with Crippen LogP contribution < -0.4 is 9.64 Å². The fourth-order valence-electron chi connectivity index (χ4n) is 2.35. The van der Waals surface area contributed by atoms with Crippen LogP contribution >= 0.6 is 11.3 Å². The molecule has 0 fully saturated rings. The second-order valence-corrected chi connectivity index (χ2v) is 6.14. The van der Waals surface area contributed by atoms with Gasteiger partial charge in [-0.25, -0.2) is 4.39 Å². The highest BCUT2D eigenvalue weighted by Gasteiger charge is 2.19. The van der Waals surface area contributed by atoms with E-state index in [1.165, 1.54) is 23.5 Å². The molecule has 3 nitrogen and oxygen atoms in total. The van der Waals surface area contributed by atoms with Crippen molar-refractivity contribution in [2.24, 2.45) is 0 Å². The number of benzene rings is 2. The normalized spacial score (nSPS) is 10.4. The fourth-order valence-corrected chi connectivity index (χ4v) is 3.02. The molecule has 0 aliphatic heterocycles. The lowest BCUT2D eigenvalue weighted by Gasteiger charge is -2.22. The maximum Gasteiger partial charge on any atom is 0.268 e. The van der Waals surface area contributed by atoms with Crippen molar-refractivity contribution in [3.63, 3.8) is 0 Å². The molecular weight excluding hydrogens is 325 g/mol. The molecule has 24 heavy (non-hydrogen) atoms. The van der Waals surface area contributed by atoms with E-state index in [-0.39, 0.29) is 11.7 Å². The van der Waals surface area contributed by atoms with E-state index in [0.29, 0.717) is 17.1 Å². The van der Waals surface area contributed by atoms with Crippen LogP contribution in [-0.2, 0) is 6.54 Å². The molecule has 0 N–H and O–H groups in total. The predicted molar refractivity (Wildman–Crippen MR) is 94.2 cm³/mol. The number of methoxy groups -OCH3 is 1. The number of halogens is 1. The molecule has 1 aromatic heterocycles. The molecule has 0 saturated carbocycles. The summed E-state index contributed by atoms with van der Waals surface area (Å²) in [6, 6.07) is 17.1. The van der Waals surface area contributed by atoms with Crippen molar-refractivity contribution in [2.45, 2.75) is 6.54 Å². The van der Waals surface area contributed by atoms with Crippen molar-refractivity contribution >= 4 is 22.9 Å². The minimum Gasteiger partial charge on any atom is -0.497 e. The molecule has 2 aromatic carbocycles. The maximum atomic E-state index is 13.2. The Kier molecular flexibility index (Phi) is 4.91. The average Bonchev–Trinajstić information content (AvgIpc) is 3.15. The zero-order chi connectivity index (χ0) is 16.9. The average molecular weight is 341 g/mol. The van der Waals surface area contributed by atoms with Crippen molar-refractivity contribution in [3.05, 3.63) is 82.3 Å². The third-order valence-corrected chi connectivity index (χ3v) is 4.47. The number of hydrogen-bond donors (Lipinski definition) is 0. The first-order chi connectivity index (χ1) is 11.7. The minimum atomic E-state index is -0.327. The van der Waals surface area contributed by atoms with Gasteiger partial charge in [0, 0.05) is 5.69 Å². The zero-order valence-corrected chi connectivity index (χ0v) is 13.9. The minimum absolute atomic E-state index is 0.104. The molecule has 0 spiro atoms. The Labute approximate surface area is 143 Å². The van der Waals surface area contributed by atoms with Crippen LogP contribution in [-0.4, -0.2) is 13.0 Å². The van der Waals surface area contributed by atoms with Crippen LogP contribution in [0.15, 0.2) is 66.0 Å². The van der Waals surface area contributed by atoms with Crippen molar-refractivity contribution in [2.75, 3.05) is 12.0 Å². The Morgan fingerprint density at radius 1 is 1.08 bits per heavy atom. The Hall–Kier alpha value is -2.66. The first kappa shape index (κ1) is 16.2. The topological polar surface area (TPSA) is 29.5 Å². The molecule has 0 bridgehead atoms. The van der Waals surface area contributed by atoms with E-state index >= 15 is 0 Å². The van der Waals surface area contributed by atoms with Gasteiger partial charge in [-0.2, -0.15) is 0 Å². The lowest BCUT2D eigenvalue weighted by Crippen LogP contribution is -2.29. The fraction of sp³-hybridized carbons (Fsp3) is 0.105. The number of carbonyl (C=O) groups is 1. The number of ether oxygens (including phenoxy) is 1. The van der Waals surface area contributed by atoms with Crippen molar-refractivity contribution in [1.29, 1.82) is 0 Å². The molecule has 122 valence electrons. The van der Waals surface area contributed by atoms with Crippen LogP contribution in [0.25, 0.3) is 0 Å². The smallest absolute Gasteiger partial charge is 0.268 e. The van der Waals surface area contributed by atoms with Crippen LogP contribution in [0.5, 0.6) is 5.75 Å². The van der Waals surface area contributed by atoms with E-state index in [1.54, 1.807) is 30.2 Å².